The van der Waals surface area contributed by atoms with Gasteiger partial charge in [0, 0.05) is 62.3 Å². The molecule has 6 nitrogen and oxygen atoms in total. The summed E-state index contributed by atoms with van der Waals surface area (Å²) in [6.45, 7) is 4.13. The molecule has 4 heterocycles. The first kappa shape index (κ1) is 43.2. The second-order valence-corrected chi connectivity index (χ2v) is 21.2. The molecule has 4 aromatic heterocycles. The van der Waals surface area contributed by atoms with Gasteiger partial charge in [-0.05, 0) is 114 Å². The van der Waals surface area contributed by atoms with Crippen molar-refractivity contribution in [2.24, 2.45) is 0 Å². The van der Waals surface area contributed by atoms with Crippen LogP contribution in [0.25, 0.3) is 143 Å². The molecule has 0 atom stereocenters. The summed E-state index contributed by atoms with van der Waals surface area (Å²) < 4.78 is 4.63. The third kappa shape index (κ3) is 6.08. The van der Waals surface area contributed by atoms with E-state index in [1.165, 1.54) is 131 Å². The second kappa shape index (κ2) is 16.2. The van der Waals surface area contributed by atoms with Gasteiger partial charge < -0.3 is 0 Å². The highest BCUT2D eigenvalue weighted by molar-refractivity contribution is 6.30. The summed E-state index contributed by atoms with van der Waals surface area (Å²) in [6.07, 6.45) is 1.75. The Labute approximate surface area is 448 Å². The molecule has 0 fully saturated rings. The van der Waals surface area contributed by atoms with E-state index in [0.29, 0.717) is 0 Å². The fraction of sp³-hybridized carbons (Fsp3) is 0.0556. The molecule has 2 aliphatic carbocycles. The van der Waals surface area contributed by atoms with Crippen molar-refractivity contribution < 1.29 is 0 Å². The highest BCUT2D eigenvalue weighted by Crippen LogP contribution is 2.45. The quantitative estimate of drug-likeness (QED) is 0.162. The van der Waals surface area contributed by atoms with Gasteiger partial charge in [-0.3, -0.25) is 9.13 Å². The van der Waals surface area contributed by atoms with E-state index in [4.69, 9.17) is 19.9 Å². The number of para-hydroxylation sites is 2. The summed E-state index contributed by atoms with van der Waals surface area (Å²) in [7, 11) is 0. The normalized spacial score (nSPS) is 12.6. The SMILES string of the molecule is Cc1nc(-n2c3ccccc3c3c4ccc5ccc6ccccc6c5c4ccc32)nc2c1Cc1ccccc1-2.Cc1nc2c(c(-n3c4ccccc4c4c5ccc6ccc7ccccc7c6c5ccc43)n1)Cc1ccccc1-2. The zero-order valence-corrected chi connectivity index (χ0v) is 42.9. The van der Waals surface area contributed by atoms with Crippen molar-refractivity contribution in [2.75, 3.05) is 0 Å². The van der Waals surface area contributed by atoms with Crippen LogP contribution in [0.1, 0.15) is 33.8 Å². The minimum Gasteiger partial charge on any atom is -0.293 e. The average molecular weight is 995 g/mol. The number of fused-ring (bicyclic) bond motifs is 24. The minimum absolute atomic E-state index is 0.736. The lowest BCUT2D eigenvalue weighted by Gasteiger charge is -2.13. The third-order valence-electron chi connectivity index (χ3n) is 17.1. The van der Waals surface area contributed by atoms with E-state index >= 15 is 0 Å². The first-order valence-corrected chi connectivity index (χ1v) is 27.0. The topological polar surface area (TPSA) is 61.4 Å². The number of hydrogen-bond donors (Lipinski definition) is 0. The maximum atomic E-state index is 5.22. The van der Waals surface area contributed by atoms with Crippen LogP contribution in [0.5, 0.6) is 0 Å². The first-order chi connectivity index (χ1) is 38.5. The lowest BCUT2D eigenvalue weighted by molar-refractivity contribution is 0.951. The molecule has 0 amide bonds. The van der Waals surface area contributed by atoms with Crippen molar-refractivity contribution in [3.05, 3.63) is 252 Å². The Bertz CT molecular complexity index is 5300. The molecule has 0 N–H and O–H groups in total. The predicted octanol–water partition coefficient (Wildman–Crippen LogP) is 17.8. The van der Waals surface area contributed by atoms with Gasteiger partial charge >= 0.3 is 0 Å². The average Bonchev–Trinajstić information content (AvgIpc) is 4.38. The molecule has 78 heavy (non-hydrogen) atoms. The highest BCUT2D eigenvalue weighted by atomic mass is 15.2. The molecule has 0 aliphatic heterocycles. The summed E-state index contributed by atoms with van der Waals surface area (Å²) >= 11 is 0. The van der Waals surface area contributed by atoms with E-state index < -0.39 is 0 Å². The largest absolute Gasteiger partial charge is 0.293 e. The van der Waals surface area contributed by atoms with Gasteiger partial charge in [0.05, 0.1) is 33.5 Å². The van der Waals surface area contributed by atoms with Crippen LogP contribution in [-0.4, -0.2) is 29.1 Å². The molecule has 6 heteroatoms. The maximum absolute atomic E-state index is 5.22. The zero-order chi connectivity index (χ0) is 51.3. The Kier molecular flexibility index (Phi) is 9.00. The Hall–Kier alpha value is -10.0. The summed E-state index contributed by atoms with van der Waals surface area (Å²) in [4.78, 5) is 20.3. The van der Waals surface area contributed by atoms with Crippen molar-refractivity contribution in [1.29, 1.82) is 0 Å². The van der Waals surface area contributed by atoms with Crippen LogP contribution in [0, 0.1) is 13.8 Å². The van der Waals surface area contributed by atoms with Crippen molar-refractivity contribution in [2.45, 2.75) is 26.7 Å². The van der Waals surface area contributed by atoms with Crippen molar-refractivity contribution >= 4 is 108 Å². The number of nitrogens with zero attached hydrogens (tertiary/aromatic N) is 6. The first-order valence-electron chi connectivity index (χ1n) is 27.0. The minimum atomic E-state index is 0.736. The van der Waals surface area contributed by atoms with E-state index in [1.807, 2.05) is 6.92 Å². The summed E-state index contributed by atoms with van der Waals surface area (Å²) in [6, 6.07) is 79.3. The van der Waals surface area contributed by atoms with Crippen molar-refractivity contribution in [1.82, 2.24) is 29.1 Å². The number of aryl methyl sites for hydroxylation is 2. The second-order valence-electron chi connectivity index (χ2n) is 21.2. The Morgan fingerprint density at radius 2 is 0.744 bits per heavy atom. The van der Waals surface area contributed by atoms with Gasteiger partial charge in [-0.25, -0.2) is 19.9 Å². The number of benzene rings is 12. The molecule has 0 unspecified atom stereocenters. The van der Waals surface area contributed by atoms with Gasteiger partial charge in [0.25, 0.3) is 0 Å². The molecule has 0 saturated carbocycles. The molecule has 0 bridgehead atoms. The maximum Gasteiger partial charge on any atom is 0.235 e. The summed E-state index contributed by atoms with van der Waals surface area (Å²) in [5.41, 5.74) is 15.3. The molecular weight excluding hydrogens is 949 g/mol. The molecule has 364 valence electrons. The van der Waals surface area contributed by atoms with Gasteiger partial charge in [0.1, 0.15) is 11.6 Å². The molecule has 18 rings (SSSR count). The van der Waals surface area contributed by atoms with E-state index in [1.54, 1.807) is 0 Å². The van der Waals surface area contributed by atoms with Crippen LogP contribution in [0.2, 0.25) is 0 Å². The monoisotopic (exact) mass is 994 g/mol. The predicted molar refractivity (Wildman–Crippen MR) is 324 cm³/mol. The summed E-state index contributed by atoms with van der Waals surface area (Å²) in [5, 5.41) is 20.4. The Morgan fingerprint density at radius 3 is 1.35 bits per heavy atom. The van der Waals surface area contributed by atoms with Crippen molar-refractivity contribution in [3.63, 3.8) is 0 Å². The zero-order valence-electron chi connectivity index (χ0n) is 42.9. The molecule has 16 aromatic rings. The van der Waals surface area contributed by atoms with Gasteiger partial charge in [0.15, 0.2) is 0 Å². The van der Waals surface area contributed by atoms with Gasteiger partial charge in [0.2, 0.25) is 5.95 Å². The molecule has 0 spiro atoms. The Morgan fingerprint density at radius 1 is 0.308 bits per heavy atom. The van der Waals surface area contributed by atoms with Crippen LogP contribution in [0.15, 0.2) is 218 Å². The molecular formula is C72H46N6. The van der Waals surface area contributed by atoms with E-state index in [9.17, 15) is 0 Å². The summed E-state index contributed by atoms with van der Waals surface area (Å²) in [5.74, 6) is 2.52. The molecule has 12 aromatic carbocycles. The van der Waals surface area contributed by atoms with E-state index in [-0.39, 0.29) is 0 Å². The number of hydrogen-bond acceptors (Lipinski definition) is 4. The van der Waals surface area contributed by atoms with Gasteiger partial charge in [-0.1, -0.05) is 194 Å². The lowest BCUT2D eigenvalue weighted by Crippen LogP contribution is -2.06. The van der Waals surface area contributed by atoms with E-state index in [2.05, 4.69) is 234 Å². The number of aromatic nitrogens is 6. The third-order valence-corrected chi connectivity index (χ3v) is 17.1. The standard InChI is InChI=1S/2C36H23N3/c1-21-37-35-26-11-5-3-9-24(26)20-30(35)36(38-21)39-31-13-7-6-12-29(31)34-28-17-16-23-15-14-22-8-2-4-10-25(22)33(23)27(28)18-19-32(34)39;1-21-30-20-24-9-3-5-11-26(24)35(30)38-36(37-21)39-31-13-7-6-12-29(31)34-28-17-16-23-15-14-22-8-2-4-10-25(22)33(23)27(28)18-19-32(34)39/h2*2-19H,20H2,1H3. The number of rotatable bonds is 2. The van der Waals surface area contributed by atoms with Crippen LogP contribution in [0.4, 0.5) is 0 Å². The Balaban J connectivity index is 0.000000126. The highest BCUT2D eigenvalue weighted by Gasteiger charge is 2.28. The van der Waals surface area contributed by atoms with Crippen LogP contribution < -0.4 is 0 Å². The smallest absolute Gasteiger partial charge is 0.235 e. The fourth-order valence-corrected chi connectivity index (χ4v) is 13.7. The van der Waals surface area contributed by atoms with Gasteiger partial charge in [-0.2, -0.15) is 0 Å². The van der Waals surface area contributed by atoms with Crippen LogP contribution in [0.3, 0.4) is 0 Å². The molecule has 0 radical (unpaired) electrons. The lowest BCUT2D eigenvalue weighted by atomic mass is 9.94. The molecule has 0 saturated heterocycles. The van der Waals surface area contributed by atoms with Crippen LogP contribution in [-0.2, 0) is 12.8 Å². The van der Waals surface area contributed by atoms with Crippen LogP contribution >= 0.6 is 0 Å². The fourth-order valence-electron chi connectivity index (χ4n) is 13.7. The van der Waals surface area contributed by atoms with Gasteiger partial charge in [-0.15, -0.1) is 0 Å². The van der Waals surface area contributed by atoms with Crippen molar-refractivity contribution in [3.8, 4) is 34.3 Å². The van der Waals surface area contributed by atoms with E-state index in [0.717, 1.165) is 58.5 Å². The molecule has 2 aliphatic rings.